The molecule has 1 aromatic carbocycles. The SMILES string of the molecule is CCCCCCCCOC1(Br)C=CC(c2ccccc2)=CC1F. The van der Waals surface area contributed by atoms with Gasteiger partial charge in [-0.3, -0.25) is 0 Å². The van der Waals surface area contributed by atoms with E-state index in [2.05, 4.69) is 22.9 Å². The van der Waals surface area contributed by atoms with Gasteiger partial charge in [0, 0.05) is 6.61 Å². The molecule has 2 unspecified atom stereocenters. The lowest BCUT2D eigenvalue weighted by molar-refractivity contribution is 0.0212. The van der Waals surface area contributed by atoms with Crippen molar-refractivity contribution in [1.82, 2.24) is 0 Å². The summed E-state index contributed by atoms with van der Waals surface area (Å²) in [5.41, 5.74) is 1.92. The van der Waals surface area contributed by atoms with E-state index in [1.165, 1.54) is 25.7 Å². The third-order valence-electron chi connectivity index (χ3n) is 4.12. The van der Waals surface area contributed by atoms with Crippen LogP contribution in [0, 0.1) is 0 Å². The number of ether oxygens (including phenoxy) is 1. The summed E-state index contributed by atoms with van der Waals surface area (Å²) in [4.78, 5) is 0. The predicted molar refractivity (Wildman–Crippen MR) is 99.4 cm³/mol. The summed E-state index contributed by atoms with van der Waals surface area (Å²) in [7, 11) is 0. The van der Waals surface area contributed by atoms with Gasteiger partial charge in [0.1, 0.15) is 0 Å². The van der Waals surface area contributed by atoms with Crippen LogP contribution in [0.2, 0.25) is 0 Å². The highest BCUT2D eigenvalue weighted by Crippen LogP contribution is 2.36. The monoisotopic (exact) mass is 380 g/mol. The molecule has 2 atom stereocenters. The summed E-state index contributed by atoms with van der Waals surface area (Å²) in [6, 6.07) is 9.86. The Labute approximate surface area is 147 Å². The summed E-state index contributed by atoms with van der Waals surface area (Å²) in [6.07, 6.45) is 11.4. The van der Waals surface area contributed by atoms with Crippen LogP contribution in [0.4, 0.5) is 4.39 Å². The van der Waals surface area contributed by atoms with E-state index in [-0.39, 0.29) is 0 Å². The highest BCUT2D eigenvalue weighted by Gasteiger charge is 2.36. The topological polar surface area (TPSA) is 9.23 Å². The van der Waals surface area contributed by atoms with Crippen LogP contribution in [-0.2, 0) is 4.74 Å². The van der Waals surface area contributed by atoms with Gasteiger partial charge in [0.15, 0.2) is 10.7 Å². The molecule has 0 aromatic heterocycles. The minimum absolute atomic E-state index is 0.580. The van der Waals surface area contributed by atoms with Crippen molar-refractivity contribution in [2.24, 2.45) is 0 Å². The van der Waals surface area contributed by atoms with Crippen LogP contribution in [0.5, 0.6) is 0 Å². The number of benzene rings is 1. The summed E-state index contributed by atoms with van der Waals surface area (Å²) in [5, 5.41) is 0. The van der Waals surface area contributed by atoms with Gasteiger partial charge in [-0.05, 0) is 45.6 Å². The molecule has 1 aliphatic carbocycles. The second-order valence-corrected chi connectivity index (χ2v) is 7.28. The molecule has 23 heavy (non-hydrogen) atoms. The summed E-state index contributed by atoms with van der Waals surface area (Å²) in [6.45, 7) is 2.79. The first-order chi connectivity index (χ1) is 11.2. The molecule has 1 aromatic rings. The van der Waals surface area contributed by atoms with Gasteiger partial charge in [0.05, 0.1) is 0 Å². The molecule has 0 aliphatic heterocycles. The molecule has 1 nitrogen and oxygen atoms in total. The zero-order valence-corrected chi connectivity index (χ0v) is 15.4. The fourth-order valence-electron chi connectivity index (χ4n) is 2.68. The normalized spacial score (nSPS) is 23.8. The molecule has 0 N–H and O–H groups in total. The van der Waals surface area contributed by atoms with Crippen molar-refractivity contribution < 1.29 is 9.13 Å². The Morgan fingerprint density at radius 1 is 1.09 bits per heavy atom. The zero-order valence-electron chi connectivity index (χ0n) is 13.8. The lowest BCUT2D eigenvalue weighted by atomic mass is 9.97. The Kier molecular flexibility index (Phi) is 7.51. The molecule has 126 valence electrons. The van der Waals surface area contributed by atoms with Crippen molar-refractivity contribution in [2.45, 2.75) is 56.1 Å². The average Bonchev–Trinajstić information content (AvgIpc) is 2.57. The maximum Gasteiger partial charge on any atom is 0.176 e. The van der Waals surface area contributed by atoms with Crippen molar-refractivity contribution >= 4 is 21.5 Å². The summed E-state index contributed by atoms with van der Waals surface area (Å²) in [5.74, 6) is 0. The van der Waals surface area contributed by atoms with E-state index in [4.69, 9.17) is 4.74 Å². The second kappa shape index (κ2) is 9.39. The van der Waals surface area contributed by atoms with E-state index in [1.807, 2.05) is 36.4 Å². The maximum absolute atomic E-state index is 14.5. The number of rotatable bonds is 9. The highest BCUT2D eigenvalue weighted by atomic mass is 79.9. The molecule has 0 fully saturated rings. The van der Waals surface area contributed by atoms with Gasteiger partial charge in [-0.25, -0.2) is 4.39 Å². The average molecular weight is 381 g/mol. The van der Waals surface area contributed by atoms with Gasteiger partial charge < -0.3 is 4.74 Å². The first-order valence-corrected chi connectivity index (χ1v) is 9.38. The highest BCUT2D eigenvalue weighted by molar-refractivity contribution is 9.10. The lowest BCUT2D eigenvalue weighted by Gasteiger charge is -2.30. The zero-order chi connectivity index (χ0) is 16.5. The fourth-order valence-corrected chi connectivity index (χ4v) is 3.11. The Balaban J connectivity index is 1.80. The second-order valence-electron chi connectivity index (χ2n) is 6.04. The van der Waals surface area contributed by atoms with Crippen molar-refractivity contribution in [1.29, 1.82) is 0 Å². The number of hydrogen-bond donors (Lipinski definition) is 0. The van der Waals surface area contributed by atoms with Crippen molar-refractivity contribution in [3.05, 3.63) is 54.1 Å². The molecule has 0 spiro atoms. The molecule has 2 rings (SSSR count). The molecule has 0 saturated heterocycles. The third-order valence-corrected chi connectivity index (χ3v) is 5.05. The van der Waals surface area contributed by atoms with Crippen molar-refractivity contribution in [3.8, 4) is 0 Å². The van der Waals surface area contributed by atoms with Gasteiger partial charge in [0.2, 0.25) is 0 Å². The first-order valence-electron chi connectivity index (χ1n) is 8.59. The predicted octanol–water partition coefficient (Wildman–Crippen LogP) is 6.45. The Morgan fingerprint density at radius 2 is 1.78 bits per heavy atom. The Hall–Kier alpha value is -0.930. The van der Waals surface area contributed by atoms with Crippen LogP contribution in [0.25, 0.3) is 5.57 Å². The number of hydrogen-bond acceptors (Lipinski definition) is 1. The minimum Gasteiger partial charge on any atom is -0.357 e. The van der Waals surface area contributed by atoms with Crippen LogP contribution in [0.3, 0.4) is 0 Å². The molecule has 0 bridgehead atoms. The first kappa shape index (κ1) is 18.4. The van der Waals surface area contributed by atoms with E-state index in [1.54, 1.807) is 12.2 Å². The van der Waals surface area contributed by atoms with Crippen LogP contribution >= 0.6 is 15.9 Å². The van der Waals surface area contributed by atoms with Crippen LogP contribution in [-0.4, -0.2) is 17.3 Å². The van der Waals surface area contributed by atoms with E-state index in [0.717, 1.165) is 24.0 Å². The van der Waals surface area contributed by atoms with Gasteiger partial charge in [-0.1, -0.05) is 75.4 Å². The molecule has 0 radical (unpaired) electrons. The van der Waals surface area contributed by atoms with Gasteiger partial charge in [-0.2, -0.15) is 0 Å². The van der Waals surface area contributed by atoms with Crippen LogP contribution < -0.4 is 0 Å². The number of allylic oxidation sites excluding steroid dienone is 2. The fraction of sp³-hybridized carbons (Fsp3) is 0.500. The van der Waals surface area contributed by atoms with E-state index >= 15 is 0 Å². The molecule has 0 saturated carbocycles. The van der Waals surface area contributed by atoms with E-state index < -0.39 is 10.7 Å². The molecule has 0 amide bonds. The molecular formula is C20H26BrFO. The Bertz CT molecular complexity index is 526. The quantitative estimate of drug-likeness (QED) is 0.353. The summed E-state index contributed by atoms with van der Waals surface area (Å²) >= 11 is 3.43. The van der Waals surface area contributed by atoms with Gasteiger partial charge >= 0.3 is 0 Å². The standard InChI is InChI=1S/C20H26BrFO/c1-2-3-4-5-6-10-15-23-20(21)14-13-18(16-19(20)22)17-11-8-7-9-12-17/h7-9,11-14,16,19H,2-6,10,15H2,1H3. The number of alkyl halides is 2. The molecular weight excluding hydrogens is 355 g/mol. The van der Waals surface area contributed by atoms with Gasteiger partial charge in [-0.15, -0.1) is 0 Å². The van der Waals surface area contributed by atoms with Crippen LogP contribution in [0.1, 0.15) is 51.0 Å². The molecule has 3 heteroatoms. The van der Waals surface area contributed by atoms with Crippen molar-refractivity contribution in [2.75, 3.05) is 6.61 Å². The molecule has 0 heterocycles. The maximum atomic E-state index is 14.5. The third kappa shape index (κ3) is 5.58. The van der Waals surface area contributed by atoms with Crippen LogP contribution in [0.15, 0.2) is 48.6 Å². The minimum atomic E-state index is -1.19. The largest absolute Gasteiger partial charge is 0.357 e. The van der Waals surface area contributed by atoms with Crippen molar-refractivity contribution in [3.63, 3.8) is 0 Å². The number of halogens is 2. The number of unbranched alkanes of at least 4 members (excludes halogenated alkanes) is 5. The Morgan fingerprint density at radius 3 is 2.48 bits per heavy atom. The lowest BCUT2D eigenvalue weighted by Crippen LogP contribution is -2.35. The smallest absolute Gasteiger partial charge is 0.176 e. The summed E-state index contributed by atoms with van der Waals surface area (Å²) < 4.78 is 19.3. The van der Waals surface area contributed by atoms with Gasteiger partial charge in [0.25, 0.3) is 0 Å². The molecule has 1 aliphatic rings. The van der Waals surface area contributed by atoms with E-state index in [9.17, 15) is 4.39 Å². The van der Waals surface area contributed by atoms with E-state index in [0.29, 0.717) is 6.61 Å².